The van der Waals surface area contributed by atoms with Crippen molar-refractivity contribution < 1.29 is 4.79 Å². The first kappa shape index (κ1) is 14.8. The highest BCUT2D eigenvalue weighted by Gasteiger charge is 2.41. The zero-order valence-corrected chi connectivity index (χ0v) is 12.6. The molecule has 0 aromatic carbocycles. The van der Waals surface area contributed by atoms with Crippen LogP contribution in [-0.4, -0.2) is 25.0 Å². The minimum atomic E-state index is -0.124. The molecule has 1 saturated carbocycles. The molecule has 1 heterocycles. The Bertz CT molecular complexity index is 297. The van der Waals surface area contributed by atoms with Crippen molar-refractivity contribution in [3.8, 4) is 0 Å². The van der Waals surface area contributed by atoms with Crippen molar-refractivity contribution in [2.75, 3.05) is 13.1 Å². The Morgan fingerprint density at radius 3 is 2.79 bits per heavy atom. The van der Waals surface area contributed by atoms with Crippen LogP contribution in [0, 0.1) is 11.3 Å². The first-order valence-electron chi connectivity index (χ1n) is 8.19. The molecule has 1 saturated heterocycles. The highest BCUT2D eigenvalue weighted by atomic mass is 16.2. The second-order valence-electron chi connectivity index (χ2n) is 6.65. The van der Waals surface area contributed by atoms with Gasteiger partial charge in [-0.15, -0.1) is 0 Å². The highest BCUT2D eigenvalue weighted by Crippen LogP contribution is 2.32. The Morgan fingerprint density at radius 1 is 1.32 bits per heavy atom. The first-order valence-corrected chi connectivity index (χ1v) is 8.19. The van der Waals surface area contributed by atoms with Gasteiger partial charge < -0.3 is 10.6 Å². The lowest BCUT2D eigenvalue weighted by molar-refractivity contribution is -0.131. The minimum Gasteiger partial charge on any atom is -0.353 e. The second kappa shape index (κ2) is 6.74. The zero-order chi connectivity index (χ0) is 13.7. The predicted molar refractivity (Wildman–Crippen MR) is 79.0 cm³/mol. The number of nitrogens with one attached hydrogen (secondary N) is 2. The molecule has 19 heavy (non-hydrogen) atoms. The Labute approximate surface area is 117 Å². The topological polar surface area (TPSA) is 41.1 Å². The van der Waals surface area contributed by atoms with Crippen LogP contribution >= 0.6 is 0 Å². The van der Waals surface area contributed by atoms with Gasteiger partial charge in [-0.1, -0.05) is 39.5 Å². The molecule has 0 aromatic heterocycles. The summed E-state index contributed by atoms with van der Waals surface area (Å²) in [4.78, 5) is 12.7. The standard InChI is InChI=1S/C16H30N2O/c1-3-9-16(10-11-17-12-16)15(19)18-14-8-6-4-5-7-13(14)2/h13-14,17H,3-12H2,1-2H3,(H,18,19). The van der Waals surface area contributed by atoms with Gasteiger partial charge in [0.15, 0.2) is 0 Å². The fraction of sp³-hybridized carbons (Fsp3) is 0.938. The van der Waals surface area contributed by atoms with Gasteiger partial charge in [0.25, 0.3) is 0 Å². The van der Waals surface area contributed by atoms with Crippen LogP contribution in [0.2, 0.25) is 0 Å². The van der Waals surface area contributed by atoms with Gasteiger partial charge in [0.1, 0.15) is 0 Å². The summed E-state index contributed by atoms with van der Waals surface area (Å²) in [6.07, 6.45) is 9.49. The third kappa shape index (κ3) is 3.50. The summed E-state index contributed by atoms with van der Waals surface area (Å²) < 4.78 is 0. The van der Waals surface area contributed by atoms with Gasteiger partial charge in [-0.3, -0.25) is 4.79 Å². The molecule has 0 radical (unpaired) electrons. The molecule has 1 aliphatic heterocycles. The van der Waals surface area contributed by atoms with E-state index in [9.17, 15) is 4.79 Å². The molecule has 2 fully saturated rings. The van der Waals surface area contributed by atoms with Gasteiger partial charge in [0, 0.05) is 12.6 Å². The quantitative estimate of drug-likeness (QED) is 0.768. The maximum Gasteiger partial charge on any atom is 0.227 e. The number of carbonyl (C=O) groups excluding carboxylic acids is 1. The molecule has 110 valence electrons. The van der Waals surface area contributed by atoms with Crippen LogP contribution in [0.1, 0.15) is 65.2 Å². The Balaban J connectivity index is 1.97. The Hall–Kier alpha value is -0.570. The second-order valence-corrected chi connectivity index (χ2v) is 6.65. The van der Waals surface area contributed by atoms with Crippen molar-refractivity contribution >= 4 is 5.91 Å². The number of carbonyl (C=O) groups is 1. The molecular weight excluding hydrogens is 236 g/mol. The molecule has 3 unspecified atom stereocenters. The van der Waals surface area contributed by atoms with Gasteiger partial charge in [0.05, 0.1) is 5.41 Å². The van der Waals surface area contributed by atoms with E-state index in [1.165, 1.54) is 32.1 Å². The first-order chi connectivity index (χ1) is 9.18. The lowest BCUT2D eigenvalue weighted by Crippen LogP contribution is -2.48. The van der Waals surface area contributed by atoms with Gasteiger partial charge >= 0.3 is 0 Å². The summed E-state index contributed by atoms with van der Waals surface area (Å²) in [5.74, 6) is 0.956. The normalized spacial score (nSPS) is 35.9. The number of hydrogen-bond acceptors (Lipinski definition) is 2. The van der Waals surface area contributed by atoms with E-state index in [1.807, 2.05) is 0 Å². The summed E-state index contributed by atoms with van der Waals surface area (Å²) in [6.45, 7) is 6.35. The molecule has 2 N–H and O–H groups in total. The van der Waals surface area contributed by atoms with E-state index in [0.717, 1.165) is 32.4 Å². The third-order valence-corrected chi connectivity index (χ3v) is 5.13. The van der Waals surface area contributed by atoms with Crippen LogP contribution in [0.4, 0.5) is 0 Å². The van der Waals surface area contributed by atoms with Gasteiger partial charge in [-0.2, -0.15) is 0 Å². The van der Waals surface area contributed by atoms with E-state index in [1.54, 1.807) is 0 Å². The highest BCUT2D eigenvalue weighted by molar-refractivity contribution is 5.83. The van der Waals surface area contributed by atoms with Gasteiger partial charge in [0.2, 0.25) is 5.91 Å². The fourth-order valence-electron chi connectivity index (χ4n) is 3.77. The monoisotopic (exact) mass is 266 g/mol. The van der Waals surface area contributed by atoms with E-state index >= 15 is 0 Å². The van der Waals surface area contributed by atoms with E-state index < -0.39 is 0 Å². The van der Waals surface area contributed by atoms with Crippen molar-refractivity contribution in [3.63, 3.8) is 0 Å². The molecule has 1 aliphatic carbocycles. The molecule has 3 nitrogen and oxygen atoms in total. The molecule has 3 heteroatoms. The van der Waals surface area contributed by atoms with Crippen molar-refractivity contribution in [3.05, 3.63) is 0 Å². The van der Waals surface area contributed by atoms with Crippen LogP contribution in [0.5, 0.6) is 0 Å². The maximum absolute atomic E-state index is 12.7. The average Bonchev–Trinajstić information content (AvgIpc) is 2.78. The van der Waals surface area contributed by atoms with Crippen molar-refractivity contribution in [1.29, 1.82) is 0 Å². The minimum absolute atomic E-state index is 0.124. The van der Waals surface area contributed by atoms with Crippen molar-refractivity contribution in [2.24, 2.45) is 11.3 Å². The van der Waals surface area contributed by atoms with E-state index in [2.05, 4.69) is 24.5 Å². The van der Waals surface area contributed by atoms with Gasteiger partial charge in [-0.05, 0) is 38.1 Å². The van der Waals surface area contributed by atoms with Crippen molar-refractivity contribution in [1.82, 2.24) is 10.6 Å². The Kier molecular flexibility index (Phi) is 5.26. The third-order valence-electron chi connectivity index (χ3n) is 5.13. The molecule has 0 aromatic rings. The molecular formula is C16H30N2O. The molecule has 3 atom stereocenters. The molecule has 1 amide bonds. The van der Waals surface area contributed by atoms with Gasteiger partial charge in [-0.25, -0.2) is 0 Å². The summed E-state index contributed by atoms with van der Waals surface area (Å²) in [5.41, 5.74) is -0.124. The van der Waals surface area contributed by atoms with Crippen LogP contribution in [0.25, 0.3) is 0 Å². The molecule has 2 aliphatic rings. The lowest BCUT2D eigenvalue weighted by Gasteiger charge is -2.31. The van der Waals surface area contributed by atoms with E-state index in [0.29, 0.717) is 17.9 Å². The summed E-state index contributed by atoms with van der Waals surface area (Å²) >= 11 is 0. The molecule has 0 spiro atoms. The van der Waals surface area contributed by atoms with Crippen molar-refractivity contribution in [2.45, 2.75) is 71.3 Å². The Morgan fingerprint density at radius 2 is 2.11 bits per heavy atom. The number of amides is 1. The smallest absolute Gasteiger partial charge is 0.227 e. The maximum atomic E-state index is 12.7. The summed E-state index contributed by atoms with van der Waals surface area (Å²) in [6, 6.07) is 0.407. The van der Waals surface area contributed by atoms with Crippen LogP contribution in [0.3, 0.4) is 0 Å². The largest absolute Gasteiger partial charge is 0.353 e. The van der Waals surface area contributed by atoms with Crippen LogP contribution < -0.4 is 10.6 Å². The lowest BCUT2D eigenvalue weighted by atomic mass is 9.81. The molecule has 2 rings (SSSR count). The number of hydrogen-bond donors (Lipinski definition) is 2. The van der Waals surface area contributed by atoms with Crippen LogP contribution in [0.15, 0.2) is 0 Å². The van der Waals surface area contributed by atoms with E-state index in [4.69, 9.17) is 0 Å². The fourth-order valence-corrected chi connectivity index (χ4v) is 3.77. The number of rotatable bonds is 4. The SMILES string of the molecule is CCCC1(C(=O)NC2CCCCCC2C)CCNC1. The van der Waals surface area contributed by atoms with E-state index in [-0.39, 0.29) is 5.41 Å². The summed E-state index contributed by atoms with van der Waals surface area (Å²) in [5, 5.41) is 6.78. The average molecular weight is 266 g/mol. The summed E-state index contributed by atoms with van der Waals surface area (Å²) in [7, 11) is 0. The molecule has 0 bridgehead atoms. The zero-order valence-electron chi connectivity index (χ0n) is 12.6. The van der Waals surface area contributed by atoms with Crippen LogP contribution in [-0.2, 0) is 4.79 Å². The predicted octanol–water partition coefficient (Wildman–Crippen LogP) is 2.85.